The number of nitrogens with zero attached hydrogens (tertiary/aromatic N) is 1. The Bertz CT molecular complexity index is 524. The highest BCUT2D eigenvalue weighted by Crippen LogP contribution is 2.33. The van der Waals surface area contributed by atoms with Crippen molar-refractivity contribution >= 4 is 27.5 Å². The molecule has 21 heavy (non-hydrogen) atoms. The highest BCUT2D eigenvalue weighted by Gasteiger charge is 2.27. The van der Waals surface area contributed by atoms with E-state index in [1.54, 1.807) is 0 Å². The molecule has 0 radical (unpaired) electrons. The van der Waals surface area contributed by atoms with Gasteiger partial charge in [0.15, 0.2) is 0 Å². The summed E-state index contributed by atoms with van der Waals surface area (Å²) in [7, 11) is 0. The van der Waals surface area contributed by atoms with Gasteiger partial charge in [0, 0.05) is 29.3 Å². The maximum absolute atomic E-state index is 11.3. The van der Waals surface area contributed by atoms with Crippen molar-refractivity contribution in [2.24, 2.45) is 11.7 Å². The molecule has 0 bridgehead atoms. The third-order valence-corrected chi connectivity index (χ3v) is 5.02. The Labute approximate surface area is 134 Å². The summed E-state index contributed by atoms with van der Waals surface area (Å²) in [6, 6.07) is 6.45. The lowest BCUT2D eigenvalue weighted by Crippen LogP contribution is -2.38. The van der Waals surface area contributed by atoms with E-state index in [2.05, 4.69) is 26.1 Å². The average molecular weight is 352 g/mol. The number of anilines is 1. The number of nitrogens with two attached hydrogens (primary N) is 1. The van der Waals surface area contributed by atoms with Crippen molar-refractivity contribution in [2.45, 2.75) is 31.7 Å². The second-order valence-electron chi connectivity index (χ2n) is 6.17. The Kier molecular flexibility index (Phi) is 4.50. The first-order chi connectivity index (χ1) is 10.1. The number of carbonyl (C=O) groups is 1. The van der Waals surface area contributed by atoms with Crippen LogP contribution in [-0.4, -0.2) is 31.6 Å². The van der Waals surface area contributed by atoms with Gasteiger partial charge in [-0.2, -0.15) is 0 Å². The molecule has 1 heterocycles. The van der Waals surface area contributed by atoms with Gasteiger partial charge in [0.1, 0.15) is 0 Å². The number of benzene rings is 1. The quantitative estimate of drug-likeness (QED) is 0.827. The Hall–Kier alpha value is -1.07. The van der Waals surface area contributed by atoms with Gasteiger partial charge in [-0.1, -0.05) is 0 Å². The normalized spacial score (nSPS) is 21.5. The van der Waals surface area contributed by atoms with E-state index >= 15 is 0 Å². The molecule has 2 aliphatic rings. The Morgan fingerprint density at radius 3 is 2.71 bits per heavy atom. The van der Waals surface area contributed by atoms with E-state index in [4.69, 9.17) is 5.73 Å². The predicted octanol–water partition coefficient (Wildman–Crippen LogP) is 2.52. The van der Waals surface area contributed by atoms with E-state index in [0.717, 1.165) is 30.0 Å². The molecule has 1 aromatic rings. The number of halogens is 1. The molecule has 5 heteroatoms. The minimum absolute atomic E-state index is 0.389. The Morgan fingerprint density at radius 1 is 1.33 bits per heavy atom. The molecule has 2 fully saturated rings. The lowest BCUT2D eigenvalue weighted by atomic mass is 10.1. The van der Waals surface area contributed by atoms with Crippen LogP contribution in [0.15, 0.2) is 22.7 Å². The van der Waals surface area contributed by atoms with E-state index in [1.807, 2.05) is 18.2 Å². The van der Waals surface area contributed by atoms with Gasteiger partial charge in [0.25, 0.3) is 0 Å². The van der Waals surface area contributed by atoms with Crippen molar-refractivity contribution < 1.29 is 4.79 Å². The molecule has 3 N–H and O–H groups in total. The van der Waals surface area contributed by atoms with Crippen LogP contribution in [0, 0.1) is 5.92 Å². The number of hydrogen-bond acceptors (Lipinski definition) is 3. The van der Waals surface area contributed by atoms with Gasteiger partial charge in [0.2, 0.25) is 5.91 Å². The fourth-order valence-corrected chi connectivity index (χ4v) is 3.54. The molecule has 1 aliphatic heterocycles. The second kappa shape index (κ2) is 6.36. The van der Waals surface area contributed by atoms with E-state index in [0.29, 0.717) is 11.6 Å². The van der Waals surface area contributed by atoms with Gasteiger partial charge in [0.05, 0.1) is 5.56 Å². The zero-order valence-electron chi connectivity index (χ0n) is 12.1. The molecule has 0 aromatic heterocycles. The van der Waals surface area contributed by atoms with E-state index in [9.17, 15) is 4.79 Å². The molecule has 1 aliphatic carbocycles. The predicted molar refractivity (Wildman–Crippen MR) is 88.6 cm³/mol. The molecule has 1 unspecified atom stereocenters. The largest absolute Gasteiger partial charge is 0.370 e. The van der Waals surface area contributed by atoms with Crippen LogP contribution in [0.2, 0.25) is 0 Å². The SMILES string of the molecule is NC(=O)c1ccc(N(CC2CC2)CC2CCCN2)cc1Br. The number of primary amides is 1. The summed E-state index contributed by atoms with van der Waals surface area (Å²) in [4.78, 5) is 13.8. The van der Waals surface area contributed by atoms with Crippen molar-refractivity contribution in [2.75, 3.05) is 24.5 Å². The van der Waals surface area contributed by atoms with E-state index in [1.165, 1.54) is 31.4 Å². The minimum atomic E-state index is -0.389. The first kappa shape index (κ1) is 14.9. The van der Waals surface area contributed by atoms with Gasteiger partial charge in [-0.3, -0.25) is 4.79 Å². The maximum Gasteiger partial charge on any atom is 0.249 e. The molecule has 0 spiro atoms. The number of carbonyl (C=O) groups excluding carboxylic acids is 1. The van der Waals surface area contributed by atoms with Gasteiger partial charge >= 0.3 is 0 Å². The highest BCUT2D eigenvalue weighted by molar-refractivity contribution is 9.10. The third-order valence-electron chi connectivity index (χ3n) is 4.36. The molecular weight excluding hydrogens is 330 g/mol. The highest BCUT2D eigenvalue weighted by atomic mass is 79.9. The van der Waals surface area contributed by atoms with Crippen LogP contribution in [0.4, 0.5) is 5.69 Å². The molecule has 3 rings (SSSR count). The summed E-state index contributed by atoms with van der Waals surface area (Å²) in [5.74, 6) is 0.445. The monoisotopic (exact) mass is 351 g/mol. The van der Waals surface area contributed by atoms with Gasteiger partial charge in [-0.25, -0.2) is 0 Å². The summed E-state index contributed by atoms with van der Waals surface area (Å²) in [5, 5.41) is 3.57. The lowest BCUT2D eigenvalue weighted by Gasteiger charge is -2.28. The topological polar surface area (TPSA) is 58.4 Å². The zero-order valence-corrected chi connectivity index (χ0v) is 13.7. The number of amides is 1. The molecule has 1 saturated heterocycles. The van der Waals surface area contributed by atoms with Crippen LogP contribution in [0.25, 0.3) is 0 Å². The Balaban J connectivity index is 1.77. The summed E-state index contributed by atoms with van der Waals surface area (Å²) in [6.07, 6.45) is 5.21. The molecule has 1 atom stereocenters. The van der Waals surface area contributed by atoms with Crippen LogP contribution in [0.5, 0.6) is 0 Å². The van der Waals surface area contributed by atoms with Crippen molar-refractivity contribution in [3.63, 3.8) is 0 Å². The third kappa shape index (κ3) is 3.77. The van der Waals surface area contributed by atoms with Gasteiger partial charge in [-0.15, -0.1) is 0 Å². The van der Waals surface area contributed by atoms with E-state index in [-0.39, 0.29) is 5.91 Å². The molecular formula is C16H22BrN3O. The van der Waals surface area contributed by atoms with Crippen LogP contribution in [0.1, 0.15) is 36.0 Å². The fourth-order valence-electron chi connectivity index (χ4n) is 2.98. The maximum atomic E-state index is 11.3. The lowest BCUT2D eigenvalue weighted by molar-refractivity contribution is 0.0999. The van der Waals surface area contributed by atoms with Crippen LogP contribution < -0.4 is 16.0 Å². The minimum Gasteiger partial charge on any atom is -0.370 e. The standard InChI is InChI=1S/C16H22BrN3O/c17-15-8-13(5-6-14(15)16(18)21)20(9-11-3-4-11)10-12-2-1-7-19-12/h5-6,8,11-12,19H,1-4,7,9-10H2,(H2,18,21). The summed E-state index contributed by atoms with van der Waals surface area (Å²) in [5.41, 5.74) is 7.09. The Morgan fingerprint density at radius 2 is 2.14 bits per heavy atom. The molecule has 1 amide bonds. The van der Waals surface area contributed by atoms with E-state index < -0.39 is 0 Å². The number of rotatable bonds is 6. The van der Waals surface area contributed by atoms with Crippen molar-refractivity contribution in [1.82, 2.24) is 5.32 Å². The van der Waals surface area contributed by atoms with Crippen molar-refractivity contribution in [1.29, 1.82) is 0 Å². The van der Waals surface area contributed by atoms with Crippen molar-refractivity contribution in [3.05, 3.63) is 28.2 Å². The molecule has 1 aromatic carbocycles. The summed E-state index contributed by atoms with van der Waals surface area (Å²) >= 11 is 3.47. The molecule has 114 valence electrons. The molecule has 4 nitrogen and oxygen atoms in total. The van der Waals surface area contributed by atoms with Gasteiger partial charge < -0.3 is 16.0 Å². The number of hydrogen-bond donors (Lipinski definition) is 2. The zero-order chi connectivity index (χ0) is 14.8. The summed E-state index contributed by atoms with van der Waals surface area (Å²) < 4.78 is 0.785. The summed E-state index contributed by atoms with van der Waals surface area (Å²) in [6.45, 7) is 3.28. The van der Waals surface area contributed by atoms with Crippen LogP contribution in [-0.2, 0) is 0 Å². The number of nitrogens with one attached hydrogen (secondary N) is 1. The van der Waals surface area contributed by atoms with Gasteiger partial charge in [-0.05, 0) is 72.3 Å². The first-order valence-corrected chi connectivity index (χ1v) is 8.50. The smallest absolute Gasteiger partial charge is 0.249 e. The fraction of sp³-hybridized carbons (Fsp3) is 0.562. The van der Waals surface area contributed by atoms with Crippen molar-refractivity contribution in [3.8, 4) is 0 Å². The molecule has 1 saturated carbocycles. The average Bonchev–Trinajstić information content (AvgIpc) is 3.11. The second-order valence-corrected chi connectivity index (χ2v) is 7.02. The van der Waals surface area contributed by atoms with Crippen LogP contribution >= 0.6 is 15.9 Å². The van der Waals surface area contributed by atoms with Crippen LogP contribution in [0.3, 0.4) is 0 Å². The first-order valence-electron chi connectivity index (χ1n) is 7.71.